The first-order valence-corrected chi connectivity index (χ1v) is 9.76. The van der Waals surface area contributed by atoms with E-state index in [0.717, 1.165) is 62.7 Å². The summed E-state index contributed by atoms with van der Waals surface area (Å²) < 4.78 is 5.29. The van der Waals surface area contributed by atoms with Crippen molar-refractivity contribution in [2.45, 2.75) is 68.9 Å². The smallest absolute Gasteiger partial charge is 0.233 e. The summed E-state index contributed by atoms with van der Waals surface area (Å²) in [7, 11) is 1.68. The van der Waals surface area contributed by atoms with Crippen LogP contribution in [-0.2, 0) is 10.2 Å². The molecule has 2 aliphatic heterocycles. The maximum Gasteiger partial charge on any atom is 0.233 e. The molecule has 1 aliphatic carbocycles. The van der Waals surface area contributed by atoms with E-state index in [1.807, 2.05) is 12.1 Å². The van der Waals surface area contributed by atoms with Gasteiger partial charge in [-0.1, -0.05) is 25.0 Å². The van der Waals surface area contributed by atoms with Crippen molar-refractivity contribution in [2.24, 2.45) is 5.92 Å². The van der Waals surface area contributed by atoms with E-state index in [2.05, 4.69) is 17.0 Å². The van der Waals surface area contributed by atoms with Gasteiger partial charge in [0.25, 0.3) is 0 Å². The van der Waals surface area contributed by atoms with Crippen LogP contribution in [-0.4, -0.2) is 41.7 Å². The van der Waals surface area contributed by atoms with Gasteiger partial charge < -0.3 is 14.7 Å². The van der Waals surface area contributed by atoms with E-state index in [-0.39, 0.29) is 12.0 Å². The Morgan fingerprint density at radius 1 is 1.16 bits per heavy atom. The summed E-state index contributed by atoms with van der Waals surface area (Å²) in [6.45, 7) is 0.263. The van der Waals surface area contributed by atoms with Crippen LogP contribution in [0.5, 0.6) is 5.75 Å². The molecule has 25 heavy (non-hydrogen) atoms. The topological polar surface area (TPSA) is 49.8 Å². The Balaban J connectivity index is 1.64. The van der Waals surface area contributed by atoms with Crippen LogP contribution in [0, 0.1) is 5.92 Å². The molecule has 4 rings (SSSR count). The molecule has 4 heteroatoms. The van der Waals surface area contributed by atoms with Gasteiger partial charge in [-0.3, -0.25) is 4.79 Å². The number of amides is 1. The highest BCUT2D eigenvalue weighted by atomic mass is 16.5. The quantitative estimate of drug-likeness (QED) is 0.913. The third-order valence-corrected chi connectivity index (χ3v) is 6.83. The van der Waals surface area contributed by atoms with Crippen LogP contribution in [0.15, 0.2) is 24.3 Å². The minimum absolute atomic E-state index is 0.263. The van der Waals surface area contributed by atoms with E-state index in [9.17, 15) is 9.90 Å². The number of carbonyl (C=O) groups excluding carboxylic acids is 1. The van der Waals surface area contributed by atoms with Crippen LogP contribution in [0.2, 0.25) is 0 Å². The monoisotopic (exact) mass is 343 g/mol. The van der Waals surface area contributed by atoms with Gasteiger partial charge in [0.1, 0.15) is 5.75 Å². The molecule has 1 N–H and O–H groups in total. The first-order valence-electron chi connectivity index (χ1n) is 9.76. The Kier molecular flexibility index (Phi) is 4.48. The Morgan fingerprint density at radius 3 is 2.28 bits per heavy atom. The molecule has 0 spiro atoms. The van der Waals surface area contributed by atoms with Crippen LogP contribution in [0.25, 0.3) is 0 Å². The molecular formula is C21H29NO3. The second-order valence-electron chi connectivity index (χ2n) is 8.14. The van der Waals surface area contributed by atoms with Crippen molar-refractivity contribution in [1.82, 2.24) is 4.90 Å². The number of methoxy groups -OCH3 is 1. The number of ether oxygens (including phenoxy) is 1. The van der Waals surface area contributed by atoms with Gasteiger partial charge in [-0.05, 0) is 62.1 Å². The van der Waals surface area contributed by atoms with Crippen LogP contribution >= 0.6 is 0 Å². The van der Waals surface area contributed by atoms with Crippen molar-refractivity contribution in [2.75, 3.05) is 13.7 Å². The van der Waals surface area contributed by atoms with Gasteiger partial charge >= 0.3 is 0 Å². The first kappa shape index (κ1) is 16.9. The summed E-state index contributed by atoms with van der Waals surface area (Å²) >= 11 is 0. The predicted octanol–water partition coefficient (Wildman–Crippen LogP) is 3.27. The molecule has 3 fully saturated rings. The summed E-state index contributed by atoms with van der Waals surface area (Å²) in [5, 5.41) is 9.55. The number of aliphatic hydroxyl groups excluding tert-OH is 1. The van der Waals surface area contributed by atoms with E-state index in [4.69, 9.17) is 4.74 Å². The molecule has 1 saturated carbocycles. The fourth-order valence-corrected chi connectivity index (χ4v) is 5.53. The molecule has 1 aromatic carbocycles. The molecule has 2 heterocycles. The van der Waals surface area contributed by atoms with Crippen LogP contribution < -0.4 is 4.74 Å². The summed E-state index contributed by atoms with van der Waals surface area (Å²) in [4.78, 5) is 16.0. The largest absolute Gasteiger partial charge is 0.497 e. The number of benzene rings is 1. The molecule has 3 atom stereocenters. The Morgan fingerprint density at radius 2 is 1.76 bits per heavy atom. The second-order valence-corrected chi connectivity index (χ2v) is 8.14. The molecule has 2 bridgehead atoms. The van der Waals surface area contributed by atoms with Gasteiger partial charge in [0.05, 0.1) is 12.5 Å². The average Bonchev–Trinajstić information content (AvgIpc) is 3.25. The molecule has 0 radical (unpaired) electrons. The number of hydrogen-bond acceptors (Lipinski definition) is 3. The normalized spacial score (nSPS) is 30.5. The fraction of sp³-hybridized carbons (Fsp3) is 0.667. The lowest BCUT2D eigenvalue weighted by molar-refractivity contribution is -0.143. The number of hydrogen-bond donors (Lipinski definition) is 1. The van der Waals surface area contributed by atoms with Crippen molar-refractivity contribution in [3.05, 3.63) is 29.8 Å². The summed E-state index contributed by atoms with van der Waals surface area (Å²) in [5.41, 5.74) is 0.804. The Bertz CT molecular complexity index is 607. The minimum atomic E-state index is -0.348. The van der Waals surface area contributed by atoms with Gasteiger partial charge in [-0.25, -0.2) is 0 Å². The highest BCUT2D eigenvalue weighted by Crippen LogP contribution is 2.47. The number of aliphatic hydroxyl groups is 1. The maximum atomic E-state index is 13.8. The van der Waals surface area contributed by atoms with Crippen molar-refractivity contribution in [3.63, 3.8) is 0 Å². The zero-order valence-electron chi connectivity index (χ0n) is 15.1. The third-order valence-electron chi connectivity index (χ3n) is 6.83. The van der Waals surface area contributed by atoms with Gasteiger partial charge in [0.2, 0.25) is 5.91 Å². The molecular weight excluding hydrogens is 314 g/mol. The summed E-state index contributed by atoms with van der Waals surface area (Å²) in [6.07, 6.45) is 8.31. The van der Waals surface area contributed by atoms with Gasteiger partial charge in [0, 0.05) is 18.7 Å². The van der Waals surface area contributed by atoms with Crippen molar-refractivity contribution < 1.29 is 14.6 Å². The van der Waals surface area contributed by atoms with Crippen LogP contribution in [0.3, 0.4) is 0 Å². The van der Waals surface area contributed by atoms with Crippen molar-refractivity contribution >= 4 is 5.91 Å². The summed E-state index contributed by atoms with van der Waals surface area (Å²) in [5.74, 6) is 1.56. The SMILES string of the molecule is COc1ccc(C2(C(=O)N3[C@@H]4CC[C@H]3CC(CO)C4)CCCC2)cc1. The number of rotatable bonds is 4. The number of piperidine rings is 1. The average molecular weight is 343 g/mol. The van der Waals surface area contributed by atoms with Gasteiger partial charge in [-0.15, -0.1) is 0 Å². The van der Waals surface area contributed by atoms with E-state index in [0.29, 0.717) is 23.9 Å². The van der Waals surface area contributed by atoms with Gasteiger partial charge in [-0.2, -0.15) is 0 Å². The fourth-order valence-electron chi connectivity index (χ4n) is 5.53. The molecule has 3 aliphatic rings. The van der Waals surface area contributed by atoms with Crippen LogP contribution in [0.1, 0.15) is 56.9 Å². The highest BCUT2D eigenvalue weighted by molar-refractivity contribution is 5.89. The Hall–Kier alpha value is -1.55. The van der Waals surface area contributed by atoms with Crippen molar-refractivity contribution in [1.29, 1.82) is 0 Å². The number of nitrogens with zero attached hydrogens (tertiary/aromatic N) is 1. The van der Waals surface area contributed by atoms with Crippen molar-refractivity contribution in [3.8, 4) is 5.75 Å². The molecule has 4 nitrogen and oxygen atoms in total. The first-order chi connectivity index (χ1) is 12.2. The molecule has 2 saturated heterocycles. The second kappa shape index (κ2) is 6.64. The maximum absolute atomic E-state index is 13.8. The number of carbonyl (C=O) groups is 1. The van der Waals surface area contributed by atoms with Crippen LogP contribution in [0.4, 0.5) is 0 Å². The zero-order chi connectivity index (χ0) is 17.4. The van der Waals surface area contributed by atoms with E-state index in [1.165, 1.54) is 0 Å². The Labute approximate surface area is 150 Å². The lowest BCUT2D eigenvalue weighted by atomic mass is 9.76. The van der Waals surface area contributed by atoms with E-state index < -0.39 is 0 Å². The highest BCUT2D eigenvalue weighted by Gasteiger charge is 2.51. The van der Waals surface area contributed by atoms with Gasteiger partial charge in [0.15, 0.2) is 0 Å². The molecule has 0 aromatic heterocycles. The minimum Gasteiger partial charge on any atom is -0.497 e. The molecule has 136 valence electrons. The lowest BCUT2D eigenvalue weighted by Crippen LogP contribution is -2.54. The molecule has 1 unspecified atom stereocenters. The molecule has 1 amide bonds. The predicted molar refractivity (Wildman–Crippen MR) is 96.6 cm³/mol. The summed E-state index contributed by atoms with van der Waals surface area (Å²) in [6, 6.07) is 8.80. The third kappa shape index (κ3) is 2.75. The van der Waals surface area contributed by atoms with E-state index in [1.54, 1.807) is 7.11 Å². The van der Waals surface area contributed by atoms with E-state index >= 15 is 0 Å². The number of fused-ring (bicyclic) bond motifs is 2. The molecule has 1 aromatic rings. The standard InChI is InChI=1S/C21H29NO3/c1-25-19-8-4-16(5-9-19)21(10-2-3-11-21)20(24)22-17-6-7-18(22)13-15(12-17)14-23/h4-5,8-9,15,17-18,23H,2-3,6-7,10-14H2,1H3/t15?,17-,18+. The zero-order valence-corrected chi connectivity index (χ0v) is 15.1. The lowest BCUT2D eigenvalue weighted by Gasteiger charge is -2.43.